The molecule has 1 rings (SSSR count). The Kier molecular flexibility index (Phi) is 4.70. The summed E-state index contributed by atoms with van der Waals surface area (Å²) in [7, 11) is -2.93. The van der Waals surface area contributed by atoms with Gasteiger partial charge in [-0.05, 0) is 6.07 Å². The number of primary amides is 1. The fraction of sp³-hybridized carbons (Fsp3) is 0.300. The summed E-state index contributed by atoms with van der Waals surface area (Å²) < 4.78 is 26.9. The summed E-state index contributed by atoms with van der Waals surface area (Å²) in [4.78, 5) is 32.0. The first-order valence-corrected chi connectivity index (χ1v) is 6.96. The Bertz CT molecular complexity index is 692. The monoisotopic (exact) mass is 319 g/mol. The van der Waals surface area contributed by atoms with Crippen LogP contribution in [0.15, 0.2) is 17.2 Å². The fourth-order valence-corrected chi connectivity index (χ4v) is 2.79. The second-order valence-corrected chi connectivity index (χ2v) is 5.86. The minimum Gasteiger partial charge on any atom is -0.481 e. The zero-order chi connectivity index (χ0) is 16.4. The summed E-state index contributed by atoms with van der Waals surface area (Å²) >= 11 is 0. The van der Waals surface area contributed by atoms with Crippen molar-refractivity contribution in [1.82, 2.24) is 9.29 Å². The first-order valence-electron chi connectivity index (χ1n) is 5.47. The van der Waals surface area contributed by atoms with Crippen LogP contribution in [0.1, 0.15) is 16.9 Å². The zero-order valence-electron chi connectivity index (χ0n) is 10.8. The predicted octanol–water partition coefficient (Wildman–Crippen LogP) is -1.67. The number of amides is 1. The Balaban J connectivity index is 3.10. The molecule has 1 heterocycles. The van der Waals surface area contributed by atoms with Gasteiger partial charge in [0.15, 0.2) is 0 Å². The van der Waals surface area contributed by atoms with Crippen molar-refractivity contribution in [2.24, 2.45) is 12.8 Å². The number of carbonyl (C=O) groups excluding carboxylic acids is 1. The van der Waals surface area contributed by atoms with Gasteiger partial charge in [-0.25, -0.2) is 8.42 Å². The molecule has 0 spiro atoms. The Morgan fingerprint density at radius 3 is 2.33 bits per heavy atom. The van der Waals surface area contributed by atoms with Gasteiger partial charge in [0, 0.05) is 13.2 Å². The number of sulfonamides is 1. The van der Waals surface area contributed by atoms with Crippen LogP contribution in [0.4, 0.5) is 0 Å². The molecule has 116 valence electrons. The molecule has 0 aliphatic carbocycles. The number of hydrogen-bond donors (Lipinski definition) is 4. The molecular formula is C10H13N3O7S. The number of carboxylic acid groups (broad SMARTS) is 2. The van der Waals surface area contributed by atoms with E-state index in [2.05, 4.69) is 0 Å². The van der Waals surface area contributed by atoms with Crippen LogP contribution in [-0.4, -0.2) is 47.1 Å². The maximum atomic E-state index is 12.0. The van der Waals surface area contributed by atoms with Gasteiger partial charge >= 0.3 is 11.9 Å². The molecule has 1 amide bonds. The number of nitrogens with zero attached hydrogens (tertiary/aromatic N) is 1. The normalized spacial score (nSPS) is 12.8. The van der Waals surface area contributed by atoms with Gasteiger partial charge in [-0.2, -0.15) is 4.72 Å². The van der Waals surface area contributed by atoms with Gasteiger partial charge in [0.05, 0.1) is 6.42 Å². The molecule has 0 aliphatic rings. The van der Waals surface area contributed by atoms with E-state index in [1.54, 1.807) is 4.72 Å². The van der Waals surface area contributed by atoms with Crippen LogP contribution in [-0.2, 0) is 26.7 Å². The van der Waals surface area contributed by atoms with Gasteiger partial charge in [0.1, 0.15) is 16.6 Å². The Morgan fingerprint density at radius 1 is 1.38 bits per heavy atom. The second-order valence-electron chi connectivity index (χ2n) is 4.15. The van der Waals surface area contributed by atoms with E-state index < -0.39 is 45.2 Å². The summed E-state index contributed by atoms with van der Waals surface area (Å²) in [6, 6.07) is -0.866. The molecule has 1 aromatic rings. The molecule has 21 heavy (non-hydrogen) atoms. The van der Waals surface area contributed by atoms with Crippen molar-refractivity contribution >= 4 is 27.9 Å². The summed E-state index contributed by atoms with van der Waals surface area (Å²) in [6.07, 6.45) is 0.131. The maximum absolute atomic E-state index is 12.0. The minimum atomic E-state index is -4.31. The first-order chi connectivity index (χ1) is 9.54. The van der Waals surface area contributed by atoms with Gasteiger partial charge in [-0.1, -0.05) is 0 Å². The zero-order valence-corrected chi connectivity index (χ0v) is 11.6. The standard InChI is InChI=1S/C10H13N3O7S/c1-13-4-5(2-7(13)9(11)16)21(19,20)12-6(10(17)18)3-8(14)15/h2,4,6,12H,3H2,1H3,(H2,11,16)(H,14,15)(H,17,18). The molecule has 1 aromatic heterocycles. The third-order valence-corrected chi connectivity index (χ3v) is 3.96. The minimum absolute atomic E-state index is 0.0968. The highest BCUT2D eigenvalue weighted by Gasteiger charge is 2.28. The molecule has 0 bridgehead atoms. The van der Waals surface area contributed by atoms with Crippen LogP contribution >= 0.6 is 0 Å². The highest BCUT2D eigenvalue weighted by molar-refractivity contribution is 7.89. The number of hydrogen-bond acceptors (Lipinski definition) is 5. The van der Waals surface area contributed by atoms with Crippen LogP contribution in [0.3, 0.4) is 0 Å². The van der Waals surface area contributed by atoms with E-state index in [0.717, 1.165) is 16.8 Å². The van der Waals surface area contributed by atoms with Crippen molar-refractivity contribution in [2.75, 3.05) is 0 Å². The smallest absolute Gasteiger partial charge is 0.322 e. The molecule has 1 atom stereocenters. The summed E-state index contributed by atoms with van der Waals surface area (Å²) in [5, 5.41) is 17.4. The van der Waals surface area contributed by atoms with E-state index in [0.29, 0.717) is 0 Å². The number of aliphatic carboxylic acids is 2. The van der Waals surface area contributed by atoms with Crippen LogP contribution < -0.4 is 10.5 Å². The lowest BCUT2D eigenvalue weighted by Gasteiger charge is -2.11. The molecule has 0 radical (unpaired) electrons. The summed E-state index contributed by atoms with van der Waals surface area (Å²) in [5.41, 5.74) is 4.94. The second kappa shape index (κ2) is 5.93. The molecule has 1 unspecified atom stereocenters. The predicted molar refractivity (Wildman–Crippen MR) is 67.9 cm³/mol. The average molecular weight is 319 g/mol. The van der Waals surface area contributed by atoms with E-state index in [-0.39, 0.29) is 5.69 Å². The lowest BCUT2D eigenvalue weighted by atomic mass is 10.2. The van der Waals surface area contributed by atoms with E-state index in [4.69, 9.17) is 15.9 Å². The molecule has 0 aromatic carbocycles. The van der Waals surface area contributed by atoms with Crippen molar-refractivity contribution in [3.05, 3.63) is 18.0 Å². The Hall–Kier alpha value is -2.40. The van der Waals surface area contributed by atoms with Crippen molar-refractivity contribution in [1.29, 1.82) is 0 Å². The average Bonchev–Trinajstić information content (AvgIpc) is 2.70. The van der Waals surface area contributed by atoms with Gasteiger partial charge < -0.3 is 20.5 Å². The van der Waals surface area contributed by atoms with Gasteiger partial charge in [-0.3, -0.25) is 14.4 Å². The number of rotatable bonds is 7. The molecule has 5 N–H and O–H groups in total. The topological polar surface area (TPSA) is 169 Å². The molecule has 0 saturated carbocycles. The molecule has 0 saturated heterocycles. The number of nitrogens with two attached hydrogens (primary N) is 1. The van der Waals surface area contributed by atoms with Crippen molar-refractivity contribution < 1.29 is 33.0 Å². The quantitative estimate of drug-likeness (QED) is 0.465. The van der Waals surface area contributed by atoms with Crippen LogP contribution in [0.2, 0.25) is 0 Å². The number of nitrogens with one attached hydrogen (secondary N) is 1. The lowest BCUT2D eigenvalue weighted by molar-refractivity contribution is -0.145. The van der Waals surface area contributed by atoms with E-state index >= 15 is 0 Å². The number of carboxylic acids is 2. The number of aryl methyl sites for hydroxylation is 1. The molecule has 11 heteroatoms. The van der Waals surface area contributed by atoms with Crippen LogP contribution in [0.5, 0.6) is 0 Å². The Labute approximate surface area is 119 Å². The lowest BCUT2D eigenvalue weighted by Crippen LogP contribution is -2.42. The summed E-state index contributed by atoms with van der Waals surface area (Å²) in [6.45, 7) is 0. The van der Waals surface area contributed by atoms with Gasteiger partial charge in [0.25, 0.3) is 5.91 Å². The van der Waals surface area contributed by atoms with Crippen LogP contribution in [0.25, 0.3) is 0 Å². The van der Waals surface area contributed by atoms with Gasteiger partial charge in [0.2, 0.25) is 10.0 Å². The molecule has 10 nitrogen and oxygen atoms in total. The maximum Gasteiger partial charge on any atom is 0.322 e. The van der Waals surface area contributed by atoms with Gasteiger partial charge in [-0.15, -0.1) is 0 Å². The third-order valence-electron chi connectivity index (χ3n) is 2.52. The fourth-order valence-electron chi connectivity index (χ4n) is 1.54. The molecule has 0 aliphatic heterocycles. The van der Waals surface area contributed by atoms with Crippen LogP contribution in [0, 0.1) is 0 Å². The number of carbonyl (C=O) groups is 3. The number of aromatic nitrogens is 1. The van der Waals surface area contributed by atoms with Crippen molar-refractivity contribution in [3.8, 4) is 0 Å². The van der Waals surface area contributed by atoms with E-state index in [1.807, 2.05) is 0 Å². The largest absolute Gasteiger partial charge is 0.481 e. The third kappa shape index (κ3) is 4.03. The van der Waals surface area contributed by atoms with Crippen molar-refractivity contribution in [3.63, 3.8) is 0 Å². The molecular weight excluding hydrogens is 306 g/mol. The van der Waals surface area contributed by atoms with E-state index in [1.165, 1.54) is 7.05 Å². The van der Waals surface area contributed by atoms with Crippen molar-refractivity contribution in [2.45, 2.75) is 17.4 Å². The first kappa shape index (κ1) is 16.7. The highest BCUT2D eigenvalue weighted by atomic mass is 32.2. The van der Waals surface area contributed by atoms with E-state index in [9.17, 15) is 22.8 Å². The summed E-state index contributed by atoms with van der Waals surface area (Å²) in [5.74, 6) is -3.97. The Morgan fingerprint density at radius 2 is 1.95 bits per heavy atom. The molecule has 0 fully saturated rings. The highest BCUT2D eigenvalue weighted by Crippen LogP contribution is 2.14. The SMILES string of the molecule is Cn1cc(S(=O)(=O)NC(CC(=O)O)C(=O)O)cc1C(N)=O.